The Balaban J connectivity index is 1.38. The zero-order chi connectivity index (χ0) is 21.8. The summed E-state index contributed by atoms with van der Waals surface area (Å²) in [5, 5.41) is 23.6. The second-order valence-corrected chi connectivity index (χ2v) is 8.70. The number of benzene rings is 1. The van der Waals surface area contributed by atoms with Gasteiger partial charge in [0.15, 0.2) is 11.4 Å². The molecule has 0 aromatic heterocycles. The fourth-order valence-electron chi connectivity index (χ4n) is 3.92. The average Bonchev–Trinajstić information content (AvgIpc) is 2.70. The third-order valence-electron chi connectivity index (χ3n) is 5.82. The number of nitrogens with zero attached hydrogens (tertiary/aromatic N) is 1. The van der Waals surface area contributed by atoms with Crippen LogP contribution in [-0.4, -0.2) is 70.3 Å². The molecule has 7 heteroatoms. The third kappa shape index (κ3) is 5.68. The van der Waals surface area contributed by atoms with Gasteiger partial charge in [0.2, 0.25) is 0 Å². The van der Waals surface area contributed by atoms with Crippen molar-refractivity contribution in [2.75, 3.05) is 26.2 Å². The van der Waals surface area contributed by atoms with Crippen LogP contribution in [0.1, 0.15) is 49.9 Å². The minimum atomic E-state index is -1.68. The molecule has 164 valence electrons. The number of ether oxygens (including phenoxy) is 1. The molecular weight excluding hydrogens is 384 g/mol. The number of likely N-dealkylation sites (tertiary alicyclic amines) is 1. The van der Waals surface area contributed by atoms with Crippen LogP contribution in [0, 0.1) is 0 Å². The summed E-state index contributed by atoms with van der Waals surface area (Å²) < 4.78 is 5.66. The fourth-order valence-corrected chi connectivity index (χ4v) is 3.92. The standard InChI is InChI=1S/C23H32N2O5/c1-22(28)15-19(26)23(2,29)20(16-22)30-14-6-11-25-12-9-18(10-13-25)24-21(27)17-7-4-3-5-8-17/h3-5,7-8,16,18,28-29H,6,9-15H2,1-2H3,(H,24,27). The van der Waals surface area contributed by atoms with Gasteiger partial charge in [-0.25, -0.2) is 0 Å². The van der Waals surface area contributed by atoms with Crippen LogP contribution >= 0.6 is 0 Å². The molecule has 2 atom stereocenters. The second kappa shape index (κ2) is 9.29. The van der Waals surface area contributed by atoms with Crippen molar-refractivity contribution >= 4 is 11.7 Å². The van der Waals surface area contributed by atoms with Crippen molar-refractivity contribution in [3.63, 3.8) is 0 Å². The molecule has 3 rings (SSSR count). The van der Waals surface area contributed by atoms with E-state index in [2.05, 4.69) is 10.2 Å². The van der Waals surface area contributed by atoms with Gasteiger partial charge in [-0.2, -0.15) is 0 Å². The first-order valence-corrected chi connectivity index (χ1v) is 10.6. The highest BCUT2D eigenvalue weighted by Gasteiger charge is 2.44. The molecule has 2 aliphatic rings. The number of carbonyl (C=O) groups excluding carboxylic acids is 2. The van der Waals surface area contributed by atoms with Crippen LogP contribution in [0.3, 0.4) is 0 Å². The van der Waals surface area contributed by atoms with Crippen LogP contribution in [-0.2, 0) is 9.53 Å². The quantitative estimate of drug-likeness (QED) is 0.585. The van der Waals surface area contributed by atoms with Gasteiger partial charge in [-0.05, 0) is 51.3 Å². The van der Waals surface area contributed by atoms with E-state index < -0.39 is 17.0 Å². The largest absolute Gasteiger partial charge is 0.495 e. The van der Waals surface area contributed by atoms with Crippen LogP contribution in [0.15, 0.2) is 42.2 Å². The molecule has 1 heterocycles. The van der Waals surface area contributed by atoms with Gasteiger partial charge in [-0.15, -0.1) is 0 Å². The predicted octanol–water partition coefficient (Wildman–Crippen LogP) is 1.65. The second-order valence-electron chi connectivity index (χ2n) is 8.70. The molecule has 0 saturated carbocycles. The molecule has 0 bridgehead atoms. The van der Waals surface area contributed by atoms with E-state index in [4.69, 9.17) is 4.74 Å². The van der Waals surface area contributed by atoms with Crippen molar-refractivity contribution in [1.29, 1.82) is 0 Å². The van der Waals surface area contributed by atoms with E-state index in [0.29, 0.717) is 12.2 Å². The Hall–Kier alpha value is -2.22. The molecule has 3 N–H and O–H groups in total. The maximum absolute atomic E-state index is 12.3. The normalized spacial score (nSPS) is 28.1. The monoisotopic (exact) mass is 416 g/mol. The topological polar surface area (TPSA) is 99.1 Å². The Morgan fingerprint density at radius 2 is 1.87 bits per heavy atom. The summed E-state index contributed by atoms with van der Waals surface area (Å²) in [6.45, 7) is 5.92. The Morgan fingerprint density at radius 1 is 1.20 bits per heavy atom. The van der Waals surface area contributed by atoms with Crippen molar-refractivity contribution in [2.45, 2.75) is 56.8 Å². The number of amides is 1. The van der Waals surface area contributed by atoms with Gasteiger partial charge in [0.1, 0.15) is 5.76 Å². The summed E-state index contributed by atoms with van der Waals surface area (Å²) in [6.07, 6.45) is 3.86. The highest BCUT2D eigenvalue weighted by molar-refractivity contribution is 5.94. The van der Waals surface area contributed by atoms with E-state index in [9.17, 15) is 19.8 Å². The van der Waals surface area contributed by atoms with Crippen LogP contribution < -0.4 is 5.32 Å². The molecule has 30 heavy (non-hydrogen) atoms. The maximum Gasteiger partial charge on any atom is 0.251 e. The first-order valence-electron chi connectivity index (χ1n) is 10.6. The maximum atomic E-state index is 12.3. The van der Waals surface area contributed by atoms with E-state index in [1.165, 1.54) is 19.9 Å². The number of rotatable bonds is 7. The van der Waals surface area contributed by atoms with Gasteiger partial charge in [-0.1, -0.05) is 18.2 Å². The van der Waals surface area contributed by atoms with E-state index in [-0.39, 0.29) is 24.1 Å². The molecule has 1 aromatic carbocycles. The number of ketones is 1. The van der Waals surface area contributed by atoms with Crippen molar-refractivity contribution in [2.24, 2.45) is 0 Å². The third-order valence-corrected chi connectivity index (χ3v) is 5.82. The van der Waals surface area contributed by atoms with Gasteiger partial charge >= 0.3 is 0 Å². The zero-order valence-corrected chi connectivity index (χ0v) is 17.8. The lowest BCUT2D eigenvalue weighted by molar-refractivity contribution is -0.142. The molecule has 1 aliphatic carbocycles. The number of hydrogen-bond donors (Lipinski definition) is 3. The summed E-state index contributed by atoms with van der Waals surface area (Å²) in [6, 6.07) is 9.43. The van der Waals surface area contributed by atoms with Gasteiger partial charge in [0.05, 0.1) is 12.2 Å². The lowest BCUT2D eigenvalue weighted by atomic mass is 9.81. The van der Waals surface area contributed by atoms with Crippen molar-refractivity contribution in [3.8, 4) is 0 Å². The summed E-state index contributed by atoms with van der Waals surface area (Å²) in [4.78, 5) is 26.6. The van der Waals surface area contributed by atoms with E-state index in [1.54, 1.807) is 0 Å². The number of piperidine rings is 1. The van der Waals surface area contributed by atoms with Crippen molar-refractivity contribution in [1.82, 2.24) is 10.2 Å². The number of Topliss-reactive ketones (excluding diaryl/α,β-unsaturated/α-hetero) is 1. The Morgan fingerprint density at radius 3 is 2.53 bits per heavy atom. The van der Waals surface area contributed by atoms with Crippen LogP contribution in [0.4, 0.5) is 0 Å². The number of hydrogen-bond acceptors (Lipinski definition) is 6. The summed E-state index contributed by atoms with van der Waals surface area (Å²) in [5.41, 5.74) is -2.29. The SMILES string of the molecule is CC1(O)C=C(OCCCN2CCC(NC(=O)c3ccccc3)CC2)C(C)(O)C(=O)C1. The fraction of sp³-hybridized carbons (Fsp3) is 0.565. The molecule has 7 nitrogen and oxygen atoms in total. The zero-order valence-electron chi connectivity index (χ0n) is 17.8. The van der Waals surface area contributed by atoms with Gasteiger partial charge < -0.3 is 25.2 Å². The Labute approximate surface area is 177 Å². The molecule has 1 fully saturated rings. The van der Waals surface area contributed by atoms with E-state index >= 15 is 0 Å². The number of aliphatic hydroxyl groups is 2. The minimum absolute atomic E-state index is 0.0271. The van der Waals surface area contributed by atoms with Crippen LogP contribution in [0.2, 0.25) is 0 Å². The molecule has 1 amide bonds. The lowest BCUT2D eigenvalue weighted by Crippen LogP contribution is -2.47. The smallest absolute Gasteiger partial charge is 0.251 e. The van der Waals surface area contributed by atoms with Crippen molar-refractivity contribution in [3.05, 3.63) is 47.7 Å². The summed E-state index contributed by atoms with van der Waals surface area (Å²) >= 11 is 0. The number of carbonyl (C=O) groups is 2. The molecule has 0 radical (unpaired) electrons. The predicted molar refractivity (Wildman–Crippen MR) is 113 cm³/mol. The highest BCUT2D eigenvalue weighted by Crippen LogP contribution is 2.32. The van der Waals surface area contributed by atoms with Gasteiger partial charge in [-0.3, -0.25) is 9.59 Å². The molecule has 1 aromatic rings. The molecule has 2 unspecified atom stereocenters. The summed E-state index contributed by atoms with van der Waals surface area (Å²) in [5.74, 6) is -0.337. The first kappa shape index (κ1) is 22.5. The molecule has 1 aliphatic heterocycles. The van der Waals surface area contributed by atoms with E-state index in [1.807, 2.05) is 30.3 Å². The van der Waals surface area contributed by atoms with Gasteiger partial charge in [0, 0.05) is 37.7 Å². The summed E-state index contributed by atoms with van der Waals surface area (Å²) in [7, 11) is 0. The minimum Gasteiger partial charge on any atom is -0.495 e. The first-order chi connectivity index (χ1) is 14.2. The molecule has 0 spiro atoms. The van der Waals surface area contributed by atoms with Crippen molar-refractivity contribution < 1.29 is 24.5 Å². The Kier molecular flexibility index (Phi) is 6.95. The Bertz CT molecular complexity index is 780. The van der Waals surface area contributed by atoms with Gasteiger partial charge in [0.25, 0.3) is 5.91 Å². The van der Waals surface area contributed by atoms with Crippen LogP contribution in [0.25, 0.3) is 0 Å². The lowest BCUT2D eigenvalue weighted by Gasteiger charge is -2.35. The number of nitrogens with one attached hydrogen (secondary N) is 1. The average molecular weight is 417 g/mol. The molecular formula is C23H32N2O5. The van der Waals surface area contributed by atoms with E-state index in [0.717, 1.165) is 38.9 Å². The molecule has 1 saturated heterocycles. The van der Waals surface area contributed by atoms with Crippen LogP contribution in [0.5, 0.6) is 0 Å². The highest BCUT2D eigenvalue weighted by atomic mass is 16.5.